The van der Waals surface area contributed by atoms with Gasteiger partial charge < -0.3 is 28.6 Å². The fourth-order valence-corrected chi connectivity index (χ4v) is 8.06. The third-order valence-corrected chi connectivity index (χ3v) is 10.7. The number of hydrogen-bond donors (Lipinski definition) is 1. The monoisotopic (exact) mass is 720 g/mol. The first-order valence-corrected chi connectivity index (χ1v) is 18.7. The number of aliphatic hydroxyl groups excluding tert-OH is 1. The largest absolute Gasteiger partial charge is 0.452 e. The lowest BCUT2D eigenvalue weighted by Gasteiger charge is -2.43. The van der Waals surface area contributed by atoms with Crippen molar-refractivity contribution in [1.82, 2.24) is 0 Å². The molecule has 0 amide bonds. The van der Waals surface area contributed by atoms with E-state index in [1.54, 1.807) is 54.6 Å². The molecule has 5 aromatic carbocycles. The van der Waals surface area contributed by atoms with Crippen molar-refractivity contribution in [3.8, 4) is 0 Å². The Kier molecular flexibility index (Phi) is 12.1. The Morgan fingerprint density at radius 1 is 0.519 bits per heavy atom. The first-order valence-electron chi connectivity index (χ1n) is 16.7. The Bertz CT molecular complexity index is 1910. The number of rotatable bonds is 13. The Hall–Kier alpha value is -5.38. The minimum absolute atomic E-state index is 0.0796. The van der Waals surface area contributed by atoms with Gasteiger partial charge in [-0.3, -0.25) is 4.57 Å². The maximum atomic E-state index is 14.6. The zero-order chi connectivity index (χ0) is 36.3. The Morgan fingerprint density at radius 3 is 1.27 bits per heavy atom. The van der Waals surface area contributed by atoms with E-state index < -0.39 is 62.6 Å². The number of ether oxygens (including phenoxy) is 4. The molecule has 1 aliphatic heterocycles. The molecule has 1 heterocycles. The average Bonchev–Trinajstić information content (AvgIpc) is 3.18. The lowest BCUT2D eigenvalue weighted by Crippen LogP contribution is -2.62. The zero-order valence-corrected chi connectivity index (χ0v) is 28.9. The minimum atomic E-state index is -3.54. The van der Waals surface area contributed by atoms with E-state index in [-0.39, 0.29) is 29.0 Å². The van der Waals surface area contributed by atoms with Crippen LogP contribution < -0.4 is 0 Å². The lowest BCUT2D eigenvalue weighted by atomic mass is 9.98. The maximum Gasteiger partial charge on any atom is 0.338 e. The van der Waals surface area contributed by atoms with E-state index in [9.17, 15) is 24.1 Å². The van der Waals surface area contributed by atoms with E-state index >= 15 is 0 Å². The van der Waals surface area contributed by atoms with E-state index in [2.05, 4.69) is 0 Å². The summed E-state index contributed by atoms with van der Waals surface area (Å²) in [6.45, 7) is -0.445. The van der Waals surface area contributed by atoms with Crippen LogP contribution in [0.3, 0.4) is 0 Å². The van der Waals surface area contributed by atoms with Gasteiger partial charge in [0.25, 0.3) is 0 Å². The molecule has 0 radical (unpaired) electrons. The summed E-state index contributed by atoms with van der Waals surface area (Å²) in [7, 11) is -3.54. The molecule has 6 rings (SSSR count). The number of carbonyl (C=O) groups excluding carboxylic acids is 3. The smallest absolute Gasteiger partial charge is 0.338 e. The molecule has 1 N–H and O–H groups in total. The van der Waals surface area contributed by atoms with E-state index in [1.165, 1.54) is 36.4 Å². The number of aliphatic hydroxyl groups is 1. The Labute approximate surface area is 301 Å². The summed E-state index contributed by atoms with van der Waals surface area (Å²) < 4.78 is 44.5. The van der Waals surface area contributed by atoms with Gasteiger partial charge in [-0.25, -0.2) is 14.4 Å². The molecule has 1 fully saturated rings. The number of esters is 3. The van der Waals surface area contributed by atoms with E-state index in [0.29, 0.717) is 0 Å². The van der Waals surface area contributed by atoms with E-state index in [1.807, 2.05) is 60.7 Å². The molecule has 52 heavy (non-hydrogen) atoms. The van der Waals surface area contributed by atoms with Gasteiger partial charge in [0.05, 0.1) is 35.6 Å². The van der Waals surface area contributed by atoms with Gasteiger partial charge in [0.2, 0.25) is 7.37 Å². The predicted octanol–water partition coefficient (Wildman–Crippen LogP) is 7.08. The number of carbonyl (C=O) groups is 3. The molecule has 5 aromatic rings. The highest BCUT2D eigenvalue weighted by Crippen LogP contribution is 2.54. The lowest BCUT2D eigenvalue weighted by molar-refractivity contribution is -0.283. The van der Waals surface area contributed by atoms with Crippen LogP contribution in [0.5, 0.6) is 0 Å². The van der Waals surface area contributed by atoms with Crippen molar-refractivity contribution in [2.45, 2.75) is 43.0 Å². The molecule has 11 heteroatoms. The summed E-state index contributed by atoms with van der Waals surface area (Å²) >= 11 is 0. The molecular formula is C41H37O10P. The SMILES string of the molecule is O=C(O[C@@H]1[C@H](OC(=O)c2ccccc2)[C@@H](O)O[C@H](COP(=O)(Cc2ccccc2)Cc2ccccc2)[C@H]1OC(=O)c1ccccc1)c1ccccc1. The number of hydrogen-bond acceptors (Lipinski definition) is 10. The first kappa shape index (κ1) is 36.4. The fraction of sp³-hybridized carbons (Fsp3) is 0.195. The molecule has 1 saturated heterocycles. The summed E-state index contributed by atoms with van der Waals surface area (Å²) in [5, 5.41) is 11.4. The topological polar surface area (TPSA) is 135 Å². The van der Waals surface area contributed by atoms with E-state index in [4.69, 9.17) is 23.5 Å². The molecule has 0 unspecified atom stereocenters. The second-order valence-corrected chi connectivity index (χ2v) is 14.7. The van der Waals surface area contributed by atoms with Crippen molar-refractivity contribution in [1.29, 1.82) is 0 Å². The molecule has 1 aliphatic rings. The first-order chi connectivity index (χ1) is 25.3. The number of benzene rings is 5. The van der Waals surface area contributed by atoms with Gasteiger partial charge in [-0.05, 0) is 47.5 Å². The van der Waals surface area contributed by atoms with Crippen molar-refractivity contribution in [2.24, 2.45) is 0 Å². The van der Waals surface area contributed by atoms with Crippen molar-refractivity contribution >= 4 is 25.3 Å². The van der Waals surface area contributed by atoms with Crippen molar-refractivity contribution in [3.05, 3.63) is 179 Å². The van der Waals surface area contributed by atoms with Gasteiger partial charge in [0.15, 0.2) is 24.6 Å². The van der Waals surface area contributed by atoms with Crippen LogP contribution in [0.4, 0.5) is 0 Å². The van der Waals surface area contributed by atoms with Gasteiger partial charge in [-0.15, -0.1) is 0 Å². The molecule has 0 saturated carbocycles. The van der Waals surface area contributed by atoms with Gasteiger partial charge in [0, 0.05) is 0 Å². The van der Waals surface area contributed by atoms with Crippen LogP contribution in [0.15, 0.2) is 152 Å². The molecule has 5 atom stereocenters. The Morgan fingerprint density at radius 2 is 0.865 bits per heavy atom. The second kappa shape index (κ2) is 17.2. The van der Waals surface area contributed by atoms with Gasteiger partial charge in [0.1, 0.15) is 6.10 Å². The molecule has 10 nitrogen and oxygen atoms in total. The highest BCUT2D eigenvalue weighted by Gasteiger charge is 2.53. The quantitative estimate of drug-likeness (QED) is 0.0764. The van der Waals surface area contributed by atoms with Crippen molar-refractivity contribution < 1.29 is 47.5 Å². The van der Waals surface area contributed by atoms with Gasteiger partial charge >= 0.3 is 17.9 Å². The van der Waals surface area contributed by atoms with Gasteiger partial charge in [-0.1, -0.05) is 115 Å². The summed E-state index contributed by atoms with van der Waals surface area (Å²) in [5.41, 5.74) is 2.06. The van der Waals surface area contributed by atoms with Crippen LogP contribution in [0, 0.1) is 0 Å². The van der Waals surface area contributed by atoms with Gasteiger partial charge in [-0.2, -0.15) is 0 Å². The maximum absolute atomic E-state index is 14.6. The summed E-state index contributed by atoms with van der Waals surface area (Å²) in [4.78, 5) is 40.4. The predicted molar refractivity (Wildman–Crippen MR) is 192 cm³/mol. The highest BCUT2D eigenvalue weighted by atomic mass is 31.2. The van der Waals surface area contributed by atoms with Crippen LogP contribution >= 0.6 is 7.37 Å². The second-order valence-electron chi connectivity index (χ2n) is 12.2. The summed E-state index contributed by atoms with van der Waals surface area (Å²) in [6, 6.07) is 42.6. The molecule has 0 bridgehead atoms. The van der Waals surface area contributed by atoms with Crippen LogP contribution in [-0.2, 0) is 40.4 Å². The van der Waals surface area contributed by atoms with E-state index in [0.717, 1.165) is 11.1 Å². The molecular weight excluding hydrogens is 683 g/mol. The fourth-order valence-electron chi connectivity index (χ4n) is 5.81. The molecule has 0 aromatic heterocycles. The third-order valence-electron chi connectivity index (χ3n) is 8.37. The standard InChI is InChI=1S/C41H37O10P/c42-38(31-20-10-3-11-21-31)49-35-34(26-47-52(46,27-29-16-6-1-7-17-29)28-30-18-8-2-9-19-30)48-41(45)37(51-40(44)33-24-14-5-15-25-33)36(35)50-39(43)32-22-12-4-13-23-32/h1-25,34-37,41,45H,26-28H2/t34-,35-,36+,37+,41+/m1/s1. The van der Waals surface area contributed by atoms with Crippen LogP contribution in [0.2, 0.25) is 0 Å². The van der Waals surface area contributed by atoms with Crippen molar-refractivity contribution in [2.75, 3.05) is 6.61 Å². The molecule has 0 spiro atoms. The van der Waals surface area contributed by atoms with Crippen LogP contribution in [0.1, 0.15) is 42.2 Å². The summed E-state index contributed by atoms with van der Waals surface area (Å²) in [6.07, 6.45) is -7.78. The molecule has 266 valence electrons. The van der Waals surface area contributed by atoms with Crippen LogP contribution in [0.25, 0.3) is 0 Å². The summed E-state index contributed by atoms with van der Waals surface area (Å²) in [5.74, 6) is -2.48. The third kappa shape index (κ3) is 9.48. The Balaban J connectivity index is 1.35. The van der Waals surface area contributed by atoms with Crippen molar-refractivity contribution in [3.63, 3.8) is 0 Å². The molecule has 0 aliphatic carbocycles. The average molecular weight is 721 g/mol. The highest BCUT2D eigenvalue weighted by molar-refractivity contribution is 7.57. The van der Waals surface area contributed by atoms with Crippen LogP contribution in [-0.4, -0.2) is 60.3 Å². The minimum Gasteiger partial charge on any atom is -0.452 e. The zero-order valence-electron chi connectivity index (χ0n) is 28.0. The normalized spacial score (nSPS) is 20.0.